The van der Waals surface area contributed by atoms with E-state index in [4.69, 9.17) is 0 Å². The summed E-state index contributed by atoms with van der Waals surface area (Å²) in [5.41, 5.74) is 1.94. The molecule has 0 radical (unpaired) electrons. The summed E-state index contributed by atoms with van der Waals surface area (Å²) in [6, 6.07) is 9.95. The fraction of sp³-hybridized carbons (Fsp3) is 0.400. The van der Waals surface area contributed by atoms with Crippen LogP contribution in [-0.4, -0.2) is 28.0 Å². The summed E-state index contributed by atoms with van der Waals surface area (Å²) in [7, 11) is 0. The lowest BCUT2D eigenvalue weighted by molar-refractivity contribution is 0.149. The Morgan fingerprint density at radius 1 is 1.32 bits per heavy atom. The van der Waals surface area contributed by atoms with Crippen LogP contribution in [0.25, 0.3) is 5.69 Å². The summed E-state index contributed by atoms with van der Waals surface area (Å²) in [4.78, 5) is 0. The van der Waals surface area contributed by atoms with Gasteiger partial charge in [0.05, 0.1) is 18.0 Å². The van der Waals surface area contributed by atoms with Crippen LogP contribution in [0.1, 0.15) is 20.3 Å². The molecule has 0 saturated carbocycles. The van der Waals surface area contributed by atoms with Crippen molar-refractivity contribution in [3.63, 3.8) is 0 Å². The Morgan fingerprint density at radius 3 is 2.74 bits per heavy atom. The van der Waals surface area contributed by atoms with Gasteiger partial charge >= 0.3 is 0 Å². The molecule has 0 fully saturated rings. The number of aromatic nitrogens is 2. The van der Waals surface area contributed by atoms with Gasteiger partial charge in [-0.1, -0.05) is 26.0 Å². The van der Waals surface area contributed by atoms with E-state index in [-0.39, 0.29) is 12.0 Å². The Bertz CT molecular complexity index is 504. The number of para-hydroxylation sites is 2. The molecule has 0 aliphatic heterocycles. The van der Waals surface area contributed by atoms with E-state index in [0.717, 1.165) is 24.3 Å². The van der Waals surface area contributed by atoms with Crippen molar-refractivity contribution in [3.8, 4) is 5.69 Å². The second-order valence-corrected chi connectivity index (χ2v) is 5.14. The van der Waals surface area contributed by atoms with Crippen LogP contribution in [0.2, 0.25) is 0 Å². The Labute approximate surface area is 114 Å². The maximum absolute atomic E-state index is 9.46. The molecule has 1 heterocycles. The summed E-state index contributed by atoms with van der Waals surface area (Å²) < 4.78 is 1.84. The van der Waals surface area contributed by atoms with Crippen molar-refractivity contribution in [1.29, 1.82) is 0 Å². The summed E-state index contributed by atoms with van der Waals surface area (Å²) in [6.45, 7) is 5.09. The molecule has 4 nitrogen and oxygen atoms in total. The summed E-state index contributed by atoms with van der Waals surface area (Å²) in [5.74, 6) is 0. The van der Waals surface area contributed by atoms with Gasteiger partial charge in [0.15, 0.2) is 0 Å². The van der Waals surface area contributed by atoms with E-state index >= 15 is 0 Å². The molecule has 2 rings (SSSR count). The first-order valence-corrected chi connectivity index (χ1v) is 6.62. The first-order valence-electron chi connectivity index (χ1n) is 6.62. The summed E-state index contributed by atoms with van der Waals surface area (Å²) in [6.07, 6.45) is 4.62. The zero-order chi connectivity index (χ0) is 13.7. The number of aliphatic hydroxyl groups is 1. The Kier molecular flexibility index (Phi) is 4.22. The van der Waals surface area contributed by atoms with E-state index in [9.17, 15) is 5.11 Å². The fourth-order valence-electron chi connectivity index (χ4n) is 1.84. The van der Waals surface area contributed by atoms with Gasteiger partial charge in [0.25, 0.3) is 0 Å². The molecule has 0 aliphatic carbocycles. The number of anilines is 1. The highest BCUT2D eigenvalue weighted by atomic mass is 16.3. The van der Waals surface area contributed by atoms with E-state index < -0.39 is 0 Å². The third-order valence-electron chi connectivity index (χ3n) is 3.60. The Morgan fingerprint density at radius 2 is 2.11 bits per heavy atom. The zero-order valence-electron chi connectivity index (χ0n) is 11.5. The van der Waals surface area contributed by atoms with Crippen LogP contribution in [0.4, 0.5) is 5.69 Å². The van der Waals surface area contributed by atoms with Gasteiger partial charge in [-0.3, -0.25) is 0 Å². The first-order chi connectivity index (χ1) is 9.18. The molecule has 0 spiro atoms. The minimum absolute atomic E-state index is 0.1000. The van der Waals surface area contributed by atoms with E-state index in [0.29, 0.717) is 0 Å². The normalized spacial score (nSPS) is 14.1. The average Bonchev–Trinajstić information content (AvgIpc) is 2.99. The fourth-order valence-corrected chi connectivity index (χ4v) is 1.84. The van der Waals surface area contributed by atoms with E-state index in [2.05, 4.69) is 24.3 Å². The number of hydrogen-bond donors (Lipinski definition) is 2. The second kappa shape index (κ2) is 5.89. The van der Waals surface area contributed by atoms with Crippen LogP contribution in [0.5, 0.6) is 0 Å². The maximum Gasteiger partial charge on any atom is 0.0876 e. The van der Waals surface area contributed by atoms with Crippen molar-refractivity contribution < 1.29 is 5.11 Å². The number of nitrogens with zero attached hydrogens (tertiary/aromatic N) is 2. The van der Waals surface area contributed by atoms with Crippen molar-refractivity contribution in [2.24, 2.45) is 5.41 Å². The molecule has 1 aromatic heterocycles. The van der Waals surface area contributed by atoms with E-state index in [1.807, 2.05) is 41.2 Å². The van der Waals surface area contributed by atoms with Crippen LogP contribution in [0.3, 0.4) is 0 Å². The van der Waals surface area contributed by atoms with E-state index in [1.165, 1.54) is 0 Å². The highest BCUT2D eigenvalue weighted by molar-refractivity contribution is 5.60. The van der Waals surface area contributed by atoms with Gasteiger partial charge in [-0.05, 0) is 24.6 Å². The molecule has 0 amide bonds. The molecule has 1 unspecified atom stereocenters. The molecule has 2 N–H and O–H groups in total. The topological polar surface area (TPSA) is 50.1 Å². The number of rotatable bonds is 6. The molecule has 0 aliphatic rings. The van der Waals surface area contributed by atoms with Crippen molar-refractivity contribution in [1.82, 2.24) is 9.78 Å². The standard InChI is InChI=1S/C15H21N3O/c1-3-15(2,12-19)11-16-13-7-4-5-8-14(13)18-10-6-9-17-18/h4-10,16,19H,3,11-12H2,1-2H3. The van der Waals surface area contributed by atoms with Gasteiger partial charge < -0.3 is 10.4 Å². The highest BCUT2D eigenvalue weighted by Gasteiger charge is 2.21. The molecule has 19 heavy (non-hydrogen) atoms. The minimum atomic E-state index is -0.1000. The van der Waals surface area contributed by atoms with E-state index in [1.54, 1.807) is 6.20 Å². The smallest absolute Gasteiger partial charge is 0.0876 e. The lowest BCUT2D eigenvalue weighted by atomic mass is 9.88. The quantitative estimate of drug-likeness (QED) is 0.838. The number of hydrogen-bond acceptors (Lipinski definition) is 3. The Balaban J connectivity index is 2.17. The average molecular weight is 259 g/mol. The predicted molar refractivity (Wildman–Crippen MR) is 77.5 cm³/mol. The first kappa shape index (κ1) is 13.6. The summed E-state index contributed by atoms with van der Waals surface area (Å²) in [5, 5.41) is 17.1. The second-order valence-electron chi connectivity index (χ2n) is 5.14. The van der Waals surface area contributed by atoms with Crippen molar-refractivity contribution in [2.75, 3.05) is 18.5 Å². The molecule has 2 aromatic rings. The molecule has 0 saturated heterocycles. The third kappa shape index (κ3) is 3.15. The maximum atomic E-state index is 9.46. The minimum Gasteiger partial charge on any atom is -0.396 e. The number of nitrogens with one attached hydrogen (secondary N) is 1. The predicted octanol–water partition coefficient (Wildman–Crippen LogP) is 2.69. The Hall–Kier alpha value is -1.81. The van der Waals surface area contributed by atoms with Gasteiger partial charge in [-0.15, -0.1) is 0 Å². The highest BCUT2D eigenvalue weighted by Crippen LogP contribution is 2.24. The molecular weight excluding hydrogens is 238 g/mol. The van der Waals surface area contributed by atoms with Gasteiger partial charge in [0.1, 0.15) is 0 Å². The van der Waals surface area contributed by atoms with Crippen LogP contribution >= 0.6 is 0 Å². The van der Waals surface area contributed by atoms with Gasteiger partial charge in [-0.2, -0.15) is 5.10 Å². The van der Waals surface area contributed by atoms with Crippen molar-refractivity contribution in [3.05, 3.63) is 42.7 Å². The van der Waals surface area contributed by atoms with Crippen LogP contribution in [0, 0.1) is 5.41 Å². The molecule has 102 valence electrons. The molecule has 4 heteroatoms. The van der Waals surface area contributed by atoms with Gasteiger partial charge in [0.2, 0.25) is 0 Å². The molecule has 1 aromatic carbocycles. The number of aliphatic hydroxyl groups excluding tert-OH is 1. The number of benzene rings is 1. The lowest BCUT2D eigenvalue weighted by Gasteiger charge is -2.27. The lowest BCUT2D eigenvalue weighted by Crippen LogP contribution is -2.29. The van der Waals surface area contributed by atoms with Crippen molar-refractivity contribution in [2.45, 2.75) is 20.3 Å². The monoisotopic (exact) mass is 259 g/mol. The molecular formula is C15H21N3O. The van der Waals surface area contributed by atoms with Gasteiger partial charge in [0, 0.05) is 24.4 Å². The zero-order valence-corrected chi connectivity index (χ0v) is 11.5. The van der Waals surface area contributed by atoms with Crippen molar-refractivity contribution >= 4 is 5.69 Å². The molecule has 1 atom stereocenters. The van der Waals surface area contributed by atoms with Gasteiger partial charge in [-0.25, -0.2) is 4.68 Å². The third-order valence-corrected chi connectivity index (χ3v) is 3.60. The summed E-state index contributed by atoms with van der Waals surface area (Å²) >= 11 is 0. The SMILES string of the molecule is CCC(C)(CO)CNc1ccccc1-n1cccn1. The van der Waals surface area contributed by atoms with Crippen LogP contribution < -0.4 is 5.32 Å². The van der Waals surface area contributed by atoms with Crippen LogP contribution in [0.15, 0.2) is 42.7 Å². The largest absolute Gasteiger partial charge is 0.396 e. The van der Waals surface area contributed by atoms with Crippen LogP contribution in [-0.2, 0) is 0 Å². The molecule has 0 bridgehead atoms.